The van der Waals surface area contributed by atoms with Crippen LogP contribution in [0.25, 0.3) is 11.0 Å². The first-order valence-corrected chi connectivity index (χ1v) is 6.20. The molecule has 0 atom stereocenters. The maximum Gasteiger partial charge on any atom is 0.241 e. The molecule has 0 aromatic carbocycles. The van der Waals surface area contributed by atoms with Crippen LogP contribution in [0.2, 0.25) is 0 Å². The minimum Gasteiger partial charge on any atom is -0.356 e. The molecule has 1 saturated heterocycles. The van der Waals surface area contributed by atoms with Crippen molar-refractivity contribution in [3.05, 3.63) is 6.20 Å². The second kappa shape index (κ2) is 4.41. The summed E-state index contributed by atoms with van der Waals surface area (Å²) in [6.45, 7) is 4.32. The largest absolute Gasteiger partial charge is 0.356 e. The average Bonchev–Trinajstić information content (AvgIpc) is 2.86. The minimum atomic E-state index is 0.417. The summed E-state index contributed by atoms with van der Waals surface area (Å²) in [6.07, 6.45) is 4.15. The van der Waals surface area contributed by atoms with Crippen molar-refractivity contribution in [1.82, 2.24) is 20.2 Å². The molecule has 18 heavy (non-hydrogen) atoms. The van der Waals surface area contributed by atoms with Crippen molar-refractivity contribution in [3.63, 3.8) is 0 Å². The van der Waals surface area contributed by atoms with Crippen molar-refractivity contribution < 1.29 is 0 Å². The van der Waals surface area contributed by atoms with Crippen LogP contribution in [0.5, 0.6) is 0 Å². The van der Waals surface area contributed by atoms with E-state index in [1.807, 2.05) is 0 Å². The van der Waals surface area contributed by atoms with Crippen LogP contribution < -0.4 is 16.2 Å². The lowest BCUT2D eigenvalue weighted by molar-refractivity contribution is 0.437. The Labute approximate surface area is 105 Å². The van der Waals surface area contributed by atoms with Crippen molar-refractivity contribution in [2.75, 3.05) is 23.4 Å². The molecule has 4 N–H and O–H groups in total. The van der Waals surface area contributed by atoms with Crippen molar-refractivity contribution in [2.24, 2.45) is 11.8 Å². The van der Waals surface area contributed by atoms with Gasteiger partial charge in [0.2, 0.25) is 5.95 Å². The van der Waals surface area contributed by atoms with E-state index in [0.717, 1.165) is 30.2 Å². The van der Waals surface area contributed by atoms with E-state index >= 15 is 0 Å². The molecular weight excluding hydrogens is 230 g/mol. The molecule has 0 aliphatic carbocycles. The second-order valence-electron chi connectivity index (χ2n) is 4.82. The highest BCUT2D eigenvalue weighted by molar-refractivity contribution is 5.87. The Bertz CT molecular complexity index is 541. The number of anilines is 2. The van der Waals surface area contributed by atoms with Gasteiger partial charge >= 0.3 is 0 Å². The van der Waals surface area contributed by atoms with E-state index in [1.54, 1.807) is 6.20 Å². The van der Waals surface area contributed by atoms with Gasteiger partial charge < -0.3 is 4.90 Å². The lowest BCUT2D eigenvalue weighted by Gasteiger charge is -2.31. The second-order valence-corrected chi connectivity index (χ2v) is 4.82. The first-order valence-electron chi connectivity index (χ1n) is 6.20. The third-order valence-corrected chi connectivity index (χ3v) is 3.50. The number of aromatic nitrogens is 4. The average molecular weight is 247 g/mol. The summed E-state index contributed by atoms with van der Waals surface area (Å²) >= 11 is 0. The molecule has 3 rings (SSSR count). The number of hydrazine groups is 1. The highest BCUT2D eigenvalue weighted by atomic mass is 15.3. The van der Waals surface area contributed by atoms with Gasteiger partial charge in [-0.25, -0.2) is 5.84 Å². The Hall–Kier alpha value is -1.89. The fraction of sp³-hybridized carbons (Fsp3) is 0.545. The van der Waals surface area contributed by atoms with Crippen LogP contribution in [0, 0.1) is 5.92 Å². The molecule has 2 aromatic heterocycles. The van der Waals surface area contributed by atoms with Crippen molar-refractivity contribution in [1.29, 1.82) is 0 Å². The number of aromatic amines is 1. The van der Waals surface area contributed by atoms with E-state index < -0.39 is 0 Å². The number of hydrogen-bond donors (Lipinski definition) is 3. The highest BCUT2D eigenvalue weighted by Gasteiger charge is 2.20. The van der Waals surface area contributed by atoms with Gasteiger partial charge in [0, 0.05) is 13.1 Å². The standard InChI is InChI=1S/C11H17N7/c1-7-2-4-18(5-3-7)10-8-6-13-17-9(8)14-11(15-10)16-12/h6-7H,2-5,12H2,1H3,(H2,13,14,15,16,17). The van der Waals surface area contributed by atoms with Gasteiger partial charge in [-0.1, -0.05) is 6.92 Å². The first-order chi connectivity index (χ1) is 8.78. The quantitative estimate of drug-likeness (QED) is 0.538. The lowest BCUT2D eigenvalue weighted by atomic mass is 9.99. The molecule has 2 aromatic rings. The van der Waals surface area contributed by atoms with Crippen molar-refractivity contribution in [2.45, 2.75) is 19.8 Å². The van der Waals surface area contributed by atoms with Crippen LogP contribution in [-0.2, 0) is 0 Å². The van der Waals surface area contributed by atoms with Crippen molar-refractivity contribution in [3.8, 4) is 0 Å². The van der Waals surface area contributed by atoms with Gasteiger partial charge in [-0.3, -0.25) is 10.5 Å². The van der Waals surface area contributed by atoms with Crippen LogP contribution in [0.15, 0.2) is 6.20 Å². The summed E-state index contributed by atoms with van der Waals surface area (Å²) in [7, 11) is 0. The Kier molecular flexibility index (Phi) is 2.75. The molecule has 1 aliphatic rings. The van der Waals surface area contributed by atoms with E-state index in [9.17, 15) is 0 Å². The summed E-state index contributed by atoms with van der Waals surface area (Å²) in [5.41, 5.74) is 3.21. The number of nitrogens with one attached hydrogen (secondary N) is 2. The zero-order valence-electron chi connectivity index (χ0n) is 10.3. The summed E-state index contributed by atoms with van der Waals surface area (Å²) in [5.74, 6) is 7.52. The fourth-order valence-electron chi connectivity index (χ4n) is 2.35. The molecule has 96 valence electrons. The number of fused-ring (bicyclic) bond motifs is 1. The third-order valence-electron chi connectivity index (χ3n) is 3.50. The molecular formula is C11H17N7. The van der Waals surface area contributed by atoms with Gasteiger partial charge in [0.15, 0.2) is 5.65 Å². The monoisotopic (exact) mass is 247 g/mol. The fourth-order valence-corrected chi connectivity index (χ4v) is 2.35. The number of hydrogen-bond acceptors (Lipinski definition) is 6. The Morgan fingerprint density at radius 1 is 1.39 bits per heavy atom. The van der Waals surface area contributed by atoms with Crippen LogP contribution in [-0.4, -0.2) is 33.3 Å². The zero-order valence-corrected chi connectivity index (χ0v) is 10.3. The van der Waals surface area contributed by atoms with E-state index in [4.69, 9.17) is 5.84 Å². The van der Waals surface area contributed by atoms with E-state index in [-0.39, 0.29) is 0 Å². The molecule has 1 fully saturated rings. The molecule has 1 aliphatic heterocycles. The van der Waals surface area contributed by atoms with E-state index in [1.165, 1.54) is 12.8 Å². The Balaban J connectivity index is 2.01. The lowest BCUT2D eigenvalue weighted by Crippen LogP contribution is -2.33. The van der Waals surface area contributed by atoms with Crippen LogP contribution >= 0.6 is 0 Å². The molecule has 7 nitrogen and oxygen atoms in total. The first kappa shape index (κ1) is 11.2. The molecule has 3 heterocycles. The smallest absolute Gasteiger partial charge is 0.241 e. The van der Waals surface area contributed by atoms with E-state index in [2.05, 4.69) is 37.4 Å². The van der Waals surface area contributed by atoms with Gasteiger partial charge in [0.05, 0.1) is 11.6 Å². The number of rotatable bonds is 2. The topological polar surface area (TPSA) is 95.8 Å². The number of nitrogens with two attached hydrogens (primary N) is 1. The molecule has 0 bridgehead atoms. The maximum atomic E-state index is 5.40. The summed E-state index contributed by atoms with van der Waals surface area (Å²) < 4.78 is 0. The molecule has 0 spiro atoms. The predicted octanol–water partition coefficient (Wildman–Crippen LogP) is 0.875. The van der Waals surface area contributed by atoms with Crippen molar-refractivity contribution >= 4 is 22.8 Å². The molecule has 0 amide bonds. The highest BCUT2D eigenvalue weighted by Crippen LogP contribution is 2.27. The van der Waals surface area contributed by atoms with Crippen LogP contribution in [0.4, 0.5) is 11.8 Å². The van der Waals surface area contributed by atoms with Crippen LogP contribution in [0.3, 0.4) is 0 Å². The summed E-state index contributed by atoms with van der Waals surface area (Å²) in [6, 6.07) is 0. The number of piperidine rings is 1. The molecule has 0 saturated carbocycles. The number of H-pyrrole nitrogens is 1. The van der Waals surface area contributed by atoms with Gasteiger partial charge in [-0.15, -0.1) is 0 Å². The normalized spacial score (nSPS) is 17.3. The van der Waals surface area contributed by atoms with Gasteiger partial charge in [0.1, 0.15) is 5.82 Å². The third kappa shape index (κ3) is 1.86. The number of nitrogens with zero attached hydrogens (tertiary/aromatic N) is 4. The minimum absolute atomic E-state index is 0.417. The maximum absolute atomic E-state index is 5.40. The molecule has 7 heteroatoms. The summed E-state index contributed by atoms with van der Waals surface area (Å²) in [5, 5.41) is 7.83. The van der Waals surface area contributed by atoms with Crippen LogP contribution in [0.1, 0.15) is 19.8 Å². The predicted molar refractivity (Wildman–Crippen MR) is 70.1 cm³/mol. The SMILES string of the molecule is CC1CCN(c2nc(NN)nc3[nH]ncc23)CC1. The molecule has 0 radical (unpaired) electrons. The molecule has 0 unspecified atom stereocenters. The zero-order chi connectivity index (χ0) is 12.5. The van der Waals surface area contributed by atoms with Gasteiger partial charge in [-0.2, -0.15) is 15.1 Å². The number of nitrogen functional groups attached to an aromatic ring is 1. The van der Waals surface area contributed by atoms with E-state index in [0.29, 0.717) is 11.6 Å². The Morgan fingerprint density at radius 3 is 2.89 bits per heavy atom. The van der Waals surface area contributed by atoms with Gasteiger partial charge in [0.25, 0.3) is 0 Å². The summed E-state index contributed by atoms with van der Waals surface area (Å²) in [4.78, 5) is 11.0. The van der Waals surface area contributed by atoms with Gasteiger partial charge in [-0.05, 0) is 18.8 Å². The Morgan fingerprint density at radius 2 is 2.17 bits per heavy atom.